The Morgan fingerprint density at radius 3 is 2.74 bits per heavy atom. The van der Waals surface area contributed by atoms with Crippen LogP contribution in [0, 0.1) is 11.6 Å². The van der Waals surface area contributed by atoms with Crippen molar-refractivity contribution in [3.05, 3.63) is 35.4 Å². The van der Waals surface area contributed by atoms with Gasteiger partial charge < -0.3 is 14.9 Å². The zero-order valence-corrected chi connectivity index (χ0v) is 13.9. The molecule has 1 fully saturated rings. The van der Waals surface area contributed by atoms with Crippen LogP contribution >= 0.6 is 0 Å². The molecule has 0 radical (unpaired) electrons. The molecule has 0 aliphatic carbocycles. The second-order valence-corrected chi connectivity index (χ2v) is 6.58. The number of aliphatic hydroxyl groups is 1. The second kappa shape index (κ2) is 6.93. The molecule has 1 aromatic rings. The van der Waals surface area contributed by atoms with E-state index in [0.717, 1.165) is 6.07 Å². The van der Waals surface area contributed by atoms with E-state index >= 15 is 0 Å². The number of hydrogen-bond acceptors (Lipinski definition) is 3. The number of piperidine rings is 1. The number of carbonyl (C=O) groups excluding carboxylic acids is 1. The van der Waals surface area contributed by atoms with Crippen molar-refractivity contribution in [3.63, 3.8) is 0 Å². The van der Waals surface area contributed by atoms with Crippen molar-refractivity contribution in [2.24, 2.45) is 0 Å². The second-order valence-electron chi connectivity index (χ2n) is 6.58. The van der Waals surface area contributed by atoms with Gasteiger partial charge in [-0.25, -0.2) is 8.78 Å². The van der Waals surface area contributed by atoms with Gasteiger partial charge in [-0.1, -0.05) is 12.1 Å². The first-order valence-electron chi connectivity index (χ1n) is 7.89. The number of benzene rings is 1. The van der Waals surface area contributed by atoms with Gasteiger partial charge >= 0.3 is 0 Å². The Kier molecular flexibility index (Phi) is 5.37. The van der Waals surface area contributed by atoms with Crippen LogP contribution in [0.5, 0.6) is 0 Å². The molecule has 2 rings (SSSR count). The fraction of sp³-hybridized carbons (Fsp3) is 0.588. The Labute approximate surface area is 135 Å². The predicted molar refractivity (Wildman–Crippen MR) is 83.7 cm³/mol. The van der Waals surface area contributed by atoms with Crippen LogP contribution < -0.4 is 0 Å². The minimum Gasteiger partial charge on any atom is -0.379 e. The molecule has 1 aliphatic heterocycles. The van der Waals surface area contributed by atoms with Gasteiger partial charge in [0.1, 0.15) is 0 Å². The maximum atomic E-state index is 13.8. The van der Waals surface area contributed by atoms with Crippen LogP contribution in [-0.2, 0) is 11.3 Å². The van der Waals surface area contributed by atoms with Gasteiger partial charge in [-0.3, -0.25) is 4.79 Å². The highest BCUT2D eigenvalue weighted by Gasteiger charge is 2.43. The lowest BCUT2D eigenvalue weighted by Gasteiger charge is -2.41. The van der Waals surface area contributed by atoms with E-state index in [1.165, 1.54) is 17.0 Å². The van der Waals surface area contributed by atoms with Gasteiger partial charge in [-0.15, -0.1) is 0 Å². The van der Waals surface area contributed by atoms with E-state index in [9.17, 15) is 18.7 Å². The van der Waals surface area contributed by atoms with Crippen LogP contribution in [-0.4, -0.2) is 52.6 Å². The van der Waals surface area contributed by atoms with Crippen LogP contribution in [0.2, 0.25) is 0 Å². The number of likely N-dealkylation sites (N-methyl/N-ethyl adjacent to an activating group) is 1. The van der Waals surface area contributed by atoms with E-state index in [1.54, 1.807) is 0 Å². The zero-order valence-electron chi connectivity index (χ0n) is 13.9. The summed E-state index contributed by atoms with van der Waals surface area (Å²) < 4.78 is 27.1. The Bertz CT molecular complexity index is 580. The van der Waals surface area contributed by atoms with Gasteiger partial charge in [0, 0.05) is 31.2 Å². The molecule has 0 bridgehead atoms. The highest BCUT2D eigenvalue weighted by atomic mass is 19.2. The standard InChI is InChI=1S/C17H24F2N2O2/c1-12(2)20(3)11-17(23)8-5-9-21(16(17)22)10-13-6-4-7-14(18)15(13)19/h4,6-7,12,23H,5,8-11H2,1-3H3/t17-/m1/s1. The molecule has 1 saturated heterocycles. The van der Waals surface area contributed by atoms with Crippen LogP contribution in [0.25, 0.3) is 0 Å². The fourth-order valence-corrected chi connectivity index (χ4v) is 2.83. The van der Waals surface area contributed by atoms with Gasteiger partial charge in [0.15, 0.2) is 17.2 Å². The van der Waals surface area contributed by atoms with E-state index in [0.29, 0.717) is 19.4 Å². The third kappa shape index (κ3) is 3.87. The summed E-state index contributed by atoms with van der Waals surface area (Å²) in [5.74, 6) is -2.28. The van der Waals surface area contributed by atoms with Crippen LogP contribution in [0.1, 0.15) is 32.3 Å². The number of halogens is 2. The predicted octanol–water partition coefficient (Wildman–Crippen LogP) is 2.16. The summed E-state index contributed by atoms with van der Waals surface area (Å²) in [7, 11) is 1.85. The van der Waals surface area contributed by atoms with Gasteiger partial charge in [0.05, 0.1) is 0 Å². The molecule has 23 heavy (non-hydrogen) atoms. The molecule has 1 amide bonds. The third-order valence-corrected chi connectivity index (χ3v) is 4.49. The number of rotatable bonds is 5. The van der Waals surface area contributed by atoms with Gasteiger partial charge in [0.2, 0.25) is 0 Å². The molecule has 1 aliphatic rings. The lowest BCUT2D eigenvalue weighted by molar-refractivity contribution is -0.160. The maximum Gasteiger partial charge on any atom is 0.256 e. The van der Waals surface area contributed by atoms with E-state index in [4.69, 9.17) is 0 Å². The fourth-order valence-electron chi connectivity index (χ4n) is 2.83. The normalized spacial score (nSPS) is 22.3. The molecule has 0 spiro atoms. The van der Waals surface area contributed by atoms with Crippen molar-refractivity contribution >= 4 is 5.91 Å². The Morgan fingerprint density at radius 1 is 1.39 bits per heavy atom. The molecular weight excluding hydrogens is 302 g/mol. The average Bonchev–Trinajstić information content (AvgIpc) is 2.48. The summed E-state index contributed by atoms with van der Waals surface area (Å²) in [6.07, 6.45) is 1.01. The van der Waals surface area contributed by atoms with E-state index in [-0.39, 0.29) is 24.7 Å². The number of likely N-dealkylation sites (tertiary alicyclic amines) is 1. The van der Waals surface area contributed by atoms with E-state index < -0.39 is 23.1 Å². The first kappa shape index (κ1) is 17.8. The lowest BCUT2D eigenvalue weighted by Crippen LogP contribution is -2.58. The molecular formula is C17H24F2N2O2. The summed E-state index contributed by atoms with van der Waals surface area (Å²) in [6, 6.07) is 4.12. The smallest absolute Gasteiger partial charge is 0.256 e. The van der Waals surface area contributed by atoms with Crippen molar-refractivity contribution in [1.82, 2.24) is 9.80 Å². The summed E-state index contributed by atoms with van der Waals surface area (Å²) in [6.45, 7) is 4.59. The molecule has 6 heteroatoms. The molecule has 1 N–H and O–H groups in total. The first-order valence-corrected chi connectivity index (χ1v) is 7.89. The molecule has 1 heterocycles. The van der Waals surface area contributed by atoms with Crippen molar-refractivity contribution in [2.75, 3.05) is 20.1 Å². The molecule has 0 aromatic heterocycles. The topological polar surface area (TPSA) is 43.8 Å². The summed E-state index contributed by atoms with van der Waals surface area (Å²) in [5.41, 5.74) is -1.35. The molecule has 1 atom stereocenters. The van der Waals surface area contributed by atoms with Gasteiger partial charge in [-0.2, -0.15) is 0 Å². The SMILES string of the molecule is CC(C)N(C)C[C@]1(O)CCCN(Cc2cccc(F)c2F)C1=O. The Hall–Kier alpha value is -1.53. The Morgan fingerprint density at radius 2 is 2.09 bits per heavy atom. The summed E-state index contributed by atoms with van der Waals surface area (Å²) in [4.78, 5) is 16.0. The quantitative estimate of drug-likeness (QED) is 0.902. The van der Waals surface area contributed by atoms with Crippen molar-refractivity contribution in [2.45, 2.75) is 44.9 Å². The lowest BCUT2D eigenvalue weighted by atomic mass is 9.90. The number of hydrogen-bond donors (Lipinski definition) is 1. The largest absolute Gasteiger partial charge is 0.379 e. The first-order chi connectivity index (χ1) is 10.7. The van der Waals surface area contributed by atoms with Crippen molar-refractivity contribution in [1.29, 1.82) is 0 Å². The average molecular weight is 326 g/mol. The van der Waals surface area contributed by atoms with Gasteiger partial charge in [-0.05, 0) is 39.8 Å². The minimum absolute atomic E-state index is 0.0316. The number of carbonyl (C=O) groups is 1. The van der Waals surface area contributed by atoms with Crippen LogP contribution in [0.15, 0.2) is 18.2 Å². The van der Waals surface area contributed by atoms with E-state index in [1.807, 2.05) is 25.8 Å². The number of nitrogens with zero attached hydrogens (tertiary/aromatic N) is 2. The van der Waals surface area contributed by atoms with Gasteiger partial charge in [0.25, 0.3) is 5.91 Å². The summed E-state index contributed by atoms with van der Waals surface area (Å²) >= 11 is 0. The number of amides is 1. The summed E-state index contributed by atoms with van der Waals surface area (Å²) in [5, 5.41) is 10.7. The zero-order chi connectivity index (χ0) is 17.2. The molecule has 1 aromatic carbocycles. The molecule has 0 unspecified atom stereocenters. The molecule has 0 saturated carbocycles. The molecule has 128 valence electrons. The highest BCUT2D eigenvalue weighted by Crippen LogP contribution is 2.26. The monoisotopic (exact) mass is 326 g/mol. The highest BCUT2D eigenvalue weighted by molar-refractivity contribution is 5.86. The molecule has 4 nitrogen and oxygen atoms in total. The van der Waals surface area contributed by atoms with E-state index in [2.05, 4.69) is 0 Å². The van der Waals surface area contributed by atoms with Crippen LogP contribution in [0.4, 0.5) is 8.78 Å². The Balaban J connectivity index is 2.14. The van der Waals surface area contributed by atoms with Crippen LogP contribution in [0.3, 0.4) is 0 Å². The van der Waals surface area contributed by atoms with Crippen molar-refractivity contribution < 1.29 is 18.7 Å². The maximum absolute atomic E-state index is 13.8. The van der Waals surface area contributed by atoms with Crippen molar-refractivity contribution in [3.8, 4) is 0 Å². The minimum atomic E-state index is -1.47. The third-order valence-electron chi connectivity index (χ3n) is 4.49.